The van der Waals surface area contributed by atoms with Gasteiger partial charge in [0, 0.05) is 31.9 Å². The van der Waals surface area contributed by atoms with Crippen LogP contribution in [-0.4, -0.2) is 37.2 Å². The van der Waals surface area contributed by atoms with E-state index in [0.717, 1.165) is 49.9 Å². The molecule has 0 aliphatic rings. The van der Waals surface area contributed by atoms with Crippen LogP contribution in [0.4, 0.5) is 0 Å². The number of hydrogen-bond acceptors (Lipinski definition) is 4. The molecule has 150 valence electrons. The number of ether oxygens (including phenoxy) is 1. The van der Waals surface area contributed by atoms with Crippen molar-refractivity contribution in [2.24, 2.45) is 10.9 Å². The van der Waals surface area contributed by atoms with Crippen molar-refractivity contribution in [2.45, 2.75) is 33.7 Å². The third kappa shape index (κ3) is 9.23. The highest BCUT2D eigenvalue weighted by atomic mass is 127. The highest BCUT2D eigenvalue weighted by Crippen LogP contribution is 2.18. The van der Waals surface area contributed by atoms with E-state index in [0.29, 0.717) is 18.4 Å². The van der Waals surface area contributed by atoms with Crippen LogP contribution in [0.1, 0.15) is 32.9 Å². The van der Waals surface area contributed by atoms with Gasteiger partial charge in [-0.05, 0) is 31.4 Å². The molecule has 0 radical (unpaired) electrons. The number of halogens is 1. The SMILES string of the molecule is CCNC(=NCc1coc(-c2ccccc2)n1)NCCCOCC(C)C.I. The van der Waals surface area contributed by atoms with Crippen molar-refractivity contribution in [3.63, 3.8) is 0 Å². The zero-order valence-corrected chi connectivity index (χ0v) is 18.7. The van der Waals surface area contributed by atoms with E-state index in [4.69, 9.17) is 9.15 Å². The normalized spacial score (nSPS) is 11.3. The van der Waals surface area contributed by atoms with E-state index in [1.165, 1.54) is 0 Å². The minimum Gasteiger partial charge on any atom is -0.444 e. The molecule has 1 aromatic heterocycles. The highest BCUT2D eigenvalue weighted by Gasteiger charge is 2.06. The lowest BCUT2D eigenvalue weighted by Crippen LogP contribution is -2.38. The summed E-state index contributed by atoms with van der Waals surface area (Å²) in [5.41, 5.74) is 1.77. The second-order valence-corrected chi connectivity index (χ2v) is 6.45. The van der Waals surface area contributed by atoms with E-state index < -0.39 is 0 Å². The molecule has 2 N–H and O–H groups in total. The molecular formula is C20H31IN4O2. The molecular weight excluding hydrogens is 455 g/mol. The standard InChI is InChI=1S/C20H30N4O2.HI/c1-4-21-20(22-11-8-12-25-14-16(2)3)23-13-18-15-26-19(24-18)17-9-6-5-7-10-17;/h5-7,9-10,15-16H,4,8,11-14H2,1-3H3,(H2,21,22,23);1H. The number of guanidine groups is 1. The lowest BCUT2D eigenvalue weighted by atomic mass is 10.2. The first-order chi connectivity index (χ1) is 12.7. The number of nitrogens with one attached hydrogen (secondary N) is 2. The third-order valence-electron chi connectivity index (χ3n) is 3.52. The summed E-state index contributed by atoms with van der Waals surface area (Å²) in [5, 5.41) is 6.56. The lowest BCUT2D eigenvalue weighted by molar-refractivity contribution is 0.108. The number of benzene rings is 1. The van der Waals surface area contributed by atoms with Crippen molar-refractivity contribution in [3.05, 3.63) is 42.3 Å². The Bertz CT molecular complexity index is 659. The van der Waals surface area contributed by atoms with Crippen molar-refractivity contribution in [1.29, 1.82) is 0 Å². The molecule has 0 aliphatic carbocycles. The summed E-state index contributed by atoms with van der Waals surface area (Å²) < 4.78 is 11.1. The first-order valence-corrected chi connectivity index (χ1v) is 9.28. The van der Waals surface area contributed by atoms with E-state index in [-0.39, 0.29) is 24.0 Å². The van der Waals surface area contributed by atoms with Crippen LogP contribution in [0.5, 0.6) is 0 Å². The molecule has 27 heavy (non-hydrogen) atoms. The van der Waals surface area contributed by atoms with Crippen LogP contribution in [0.3, 0.4) is 0 Å². The minimum absolute atomic E-state index is 0. The fraction of sp³-hybridized carbons (Fsp3) is 0.500. The second-order valence-electron chi connectivity index (χ2n) is 6.45. The number of nitrogens with zero attached hydrogens (tertiary/aromatic N) is 2. The molecule has 2 rings (SSSR count). The largest absolute Gasteiger partial charge is 0.444 e. The summed E-state index contributed by atoms with van der Waals surface area (Å²) in [6, 6.07) is 9.86. The minimum atomic E-state index is 0. The zero-order chi connectivity index (χ0) is 18.6. The van der Waals surface area contributed by atoms with Crippen molar-refractivity contribution in [3.8, 4) is 11.5 Å². The Morgan fingerprint density at radius 3 is 2.70 bits per heavy atom. The fourth-order valence-electron chi connectivity index (χ4n) is 2.29. The maximum Gasteiger partial charge on any atom is 0.226 e. The average molecular weight is 486 g/mol. The van der Waals surface area contributed by atoms with Gasteiger partial charge in [-0.2, -0.15) is 0 Å². The van der Waals surface area contributed by atoms with Gasteiger partial charge in [0.2, 0.25) is 5.89 Å². The third-order valence-corrected chi connectivity index (χ3v) is 3.52. The molecule has 1 heterocycles. The second kappa shape index (κ2) is 13.5. The summed E-state index contributed by atoms with van der Waals surface area (Å²) in [6.07, 6.45) is 2.61. The zero-order valence-electron chi connectivity index (χ0n) is 16.4. The molecule has 7 heteroatoms. The van der Waals surface area contributed by atoms with E-state index in [1.54, 1.807) is 6.26 Å². The van der Waals surface area contributed by atoms with Crippen LogP contribution in [0.25, 0.3) is 11.5 Å². The van der Waals surface area contributed by atoms with Crippen molar-refractivity contribution in [2.75, 3.05) is 26.3 Å². The van der Waals surface area contributed by atoms with Gasteiger partial charge in [0.15, 0.2) is 5.96 Å². The molecule has 0 atom stereocenters. The fourth-order valence-corrected chi connectivity index (χ4v) is 2.29. The van der Waals surface area contributed by atoms with E-state index in [2.05, 4.69) is 34.5 Å². The van der Waals surface area contributed by atoms with Gasteiger partial charge >= 0.3 is 0 Å². The Kier molecular flexibility index (Phi) is 11.8. The van der Waals surface area contributed by atoms with Crippen LogP contribution in [0.2, 0.25) is 0 Å². The molecule has 0 saturated carbocycles. The van der Waals surface area contributed by atoms with Gasteiger partial charge in [0.05, 0.1) is 6.54 Å². The first-order valence-electron chi connectivity index (χ1n) is 9.28. The molecule has 1 aromatic carbocycles. The topological polar surface area (TPSA) is 71.7 Å². The molecule has 0 bridgehead atoms. The van der Waals surface area contributed by atoms with Crippen LogP contribution in [0.15, 0.2) is 46.0 Å². The number of aromatic nitrogens is 1. The Hall–Kier alpha value is -1.61. The van der Waals surface area contributed by atoms with Crippen LogP contribution < -0.4 is 10.6 Å². The Morgan fingerprint density at radius 1 is 1.22 bits per heavy atom. The summed E-state index contributed by atoms with van der Waals surface area (Å²) in [5.74, 6) is 1.97. The van der Waals surface area contributed by atoms with Gasteiger partial charge in [0.1, 0.15) is 12.0 Å². The molecule has 0 spiro atoms. The van der Waals surface area contributed by atoms with Crippen LogP contribution >= 0.6 is 24.0 Å². The summed E-state index contributed by atoms with van der Waals surface area (Å²) >= 11 is 0. The summed E-state index contributed by atoms with van der Waals surface area (Å²) in [4.78, 5) is 9.07. The van der Waals surface area contributed by atoms with E-state index in [9.17, 15) is 0 Å². The maximum absolute atomic E-state index is 5.59. The van der Waals surface area contributed by atoms with Crippen molar-refractivity contribution < 1.29 is 9.15 Å². The van der Waals surface area contributed by atoms with Gasteiger partial charge in [-0.3, -0.25) is 0 Å². The number of rotatable bonds is 10. The van der Waals surface area contributed by atoms with Gasteiger partial charge in [-0.1, -0.05) is 32.0 Å². The van der Waals surface area contributed by atoms with Gasteiger partial charge < -0.3 is 19.8 Å². The Labute approximate surface area is 179 Å². The predicted octanol–water partition coefficient (Wildman–Crippen LogP) is 4.08. The lowest BCUT2D eigenvalue weighted by Gasteiger charge is -2.11. The van der Waals surface area contributed by atoms with Crippen LogP contribution in [-0.2, 0) is 11.3 Å². The van der Waals surface area contributed by atoms with E-state index >= 15 is 0 Å². The Balaban J connectivity index is 0.00000364. The molecule has 0 aliphatic heterocycles. The predicted molar refractivity (Wildman–Crippen MR) is 120 cm³/mol. The van der Waals surface area contributed by atoms with Gasteiger partial charge in [-0.15, -0.1) is 24.0 Å². The monoisotopic (exact) mass is 486 g/mol. The van der Waals surface area contributed by atoms with Crippen LogP contribution in [0, 0.1) is 5.92 Å². The number of hydrogen-bond donors (Lipinski definition) is 2. The quantitative estimate of drug-likeness (QED) is 0.229. The Morgan fingerprint density at radius 2 is 2.00 bits per heavy atom. The molecule has 0 saturated heterocycles. The summed E-state index contributed by atoms with van der Waals surface area (Å²) in [6.45, 7) is 10.0. The van der Waals surface area contributed by atoms with Crippen molar-refractivity contribution >= 4 is 29.9 Å². The molecule has 0 fully saturated rings. The highest BCUT2D eigenvalue weighted by molar-refractivity contribution is 14.0. The first kappa shape index (κ1) is 23.4. The molecule has 0 unspecified atom stereocenters. The van der Waals surface area contributed by atoms with Gasteiger partial charge in [-0.25, -0.2) is 9.98 Å². The van der Waals surface area contributed by atoms with Crippen molar-refractivity contribution in [1.82, 2.24) is 15.6 Å². The number of aliphatic imine (C=N–C) groups is 1. The average Bonchev–Trinajstić information content (AvgIpc) is 3.12. The summed E-state index contributed by atoms with van der Waals surface area (Å²) in [7, 11) is 0. The number of oxazole rings is 1. The molecule has 2 aromatic rings. The molecule has 0 amide bonds. The van der Waals surface area contributed by atoms with Gasteiger partial charge in [0.25, 0.3) is 0 Å². The maximum atomic E-state index is 5.59. The smallest absolute Gasteiger partial charge is 0.226 e. The van der Waals surface area contributed by atoms with E-state index in [1.807, 2.05) is 37.3 Å². The molecule has 6 nitrogen and oxygen atoms in total.